The molecule has 1 aliphatic carbocycles. The Bertz CT molecular complexity index is 1340. The molecule has 1 aromatic heterocycles. The number of aryl methyl sites for hydroxylation is 1. The summed E-state index contributed by atoms with van der Waals surface area (Å²) in [6.45, 7) is 10.2. The zero-order valence-corrected chi connectivity index (χ0v) is 17.5. The van der Waals surface area contributed by atoms with Crippen LogP contribution in [-0.4, -0.2) is 20.8 Å². The van der Waals surface area contributed by atoms with Gasteiger partial charge in [0.2, 0.25) is 5.78 Å². The van der Waals surface area contributed by atoms with Crippen molar-refractivity contribution in [3.8, 4) is 0 Å². The zero-order valence-electron chi connectivity index (χ0n) is 17.5. The van der Waals surface area contributed by atoms with Crippen molar-refractivity contribution >= 4 is 27.9 Å². The molecule has 6 nitrogen and oxygen atoms in total. The average molecular weight is 414 g/mol. The molecule has 0 spiro atoms. The number of rotatable bonds is 5. The highest BCUT2D eigenvalue weighted by atomic mass is 16.6. The maximum Gasteiger partial charge on any atom is 0.270 e. The molecule has 0 bridgehead atoms. The van der Waals surface area contributed by atoms with Gasteiger partial charge in [0.1, 0.15) is 5.76 Å². The summed E-state index contributed by atoms with van der Waals surface area (Å²) in [6, 6.07) is 12.4. The van der Waals surface area contributed by atoms with Crippen LogP contribution in [0.3, 0.4) is 0 Å². The first-order valence-electron chi connectivity index (χ1n) is 9.84. The van der Waals surface area contributed by atoms with Gasteiger partial charge in [-0.1, -0.05) is 44.7 Å². The molecule has 0 saturated carbocycles. The number of hydrogen-bond acceptors (Lipinski definition) is 4. The lowest BCUT2D eigenvalue weighted by Crippen LogP contribution is -2.24. The number of aromatic amines is 1. The zero-order chi connectivity index (χ0) is 22.5. The van der Waals surface area contributed by atoms with Crippen molar-refractivity contribution in [1.29, 1.82) is 0 Å². The molecule has 4 rings (SSSR count). The first kappa shape index (κ1) is 20.3. The van der Waals surface area contributed by atoms with Gasteiger partial charge in [-0.3, -0.25) is 14.9 Å². The number of Topliss-reactive ketones (excluding diaryl/α,β-unsaturated/α-hetero) is 1. The number of non-ortho nitro benzene ring substituents is 1. The number of fused-ring (bicyclic) bond motifs is 1. The molecule has 31 heavy (non-hydrogen) atoms. The van der Waals surface area contributed by atoms with Crippen LogP contribution in [0.2, 0.25) is 0 Å². The molecule has 0 unspecified atom stereocenters. The Morgan fingerprint density at radius 3 is 2.58 bits per heavy atom. The van der Waals surface area contributed by atoms with E-state index in [0.717, 1.165) is 11.1 Å². The van der Waals surface area contributed by atoms with E-state index >= 15 is 0 Å². The number of carbonyl (C=O) groups excluding carboxylic acids is 1. The molecule has 0 saturated heterocycles. The number of nitrogens with one attached hydrogen (secondary N) is 1. The van der Waals surface area contributed by atoms with Gasteiger partial charge in [0.05, 0.1) is 16.1 Å². The van der Waals surface area contributed by atoms with Crippen molar-refractivity contribution in [3.63, 3.8) is 0 Å². The smallest absolute Gasteiger partial charge is 0.270 e. The number of aliphatic hydroxyl groups excluding tert-OH is 1. The molecule has 2 aromatic carbocycles. The summed E-state index contributed by atoms with van der Waals surface area (Å²) in [6.07, 6.45) is 3.21. The number of benzene rings is 2. The molecule has 0 amide bonds. The maximum absolute atomic E-state index is 12.9. The highest BCUT2D eigenvalue weighted by Gasteiger charge is 2.37. The predicted molar refractivity (Wildman–Crippen MR) is 121 cm³/mol. The van der Waals surface area contributed by atoms with Crippen LogP contribution < -0.4 is 0 Å². The number of ketones is 1. The number of aliphatic hydroxyl groups is 1. The Balaban J connectivity index is 1.73. The van der Waals surface area contributed by atoms with Gasteiger partial charge in [0.15, 0.2) is 0 Å². The van der Waals surface area contributed by atoms with Crippen LogP contribution in [-0.2, 0) is 10.2 Å². The fourth-order valence-corrected chi connectivity index (χ4v) is 4.04. The third-order valence-electron chi connectivity index (χ3n) is 6.05. The van der Waals surface area contributed by atoms with E-state index in [1.165, 1.54) is 12.1 Å². The lowest BCUT2D eigenvalue weighted by molar-refractivity contribution is -0.384. The standard InChI is InChI=1S/C25H22N2O4/c1-14-7-5-6-8-20(14)25(3,4)15(2)11-18-23(28)22(24(18)29)19-13-26-21-10-9-16(27(30)31)12-17(19)21/h5-13,26,28H,2H2,1,3-4H3/b18-11-. The lowest BCUT2D eigenvalue weighted by Gasteiger charge is -2.30. The SMILES string of the molecule is C=C(/C=C1\C(=O)C(c2c[nH]c3ccc([N+](=O)[O-])cc23)=C1O)C(C)(C)c1ccccc1C. The minimum atomic E-state index is -0.490. The van der Waals surface area contributed by atoms with Crippen molar-refractivity contribution in [2.24, 2.45) is 0 Å². The van der Waals surface area contributed by atoms with Crippen molar-refractivity contribution in [3.05, 3.63) is 105 Å². The van der Waals surface area contributed by atoms with E-state index in [1.807, 2.05) is 45.0 Å². The van der Waals surface area contributed by atoms with Gasteiger partial charge in [0.25, 0.3) is 5.69 Å². The monoisotopic (exact) mass is 414 g/mol. The van der Waals surface area contributed by atoms with Crippen LogP contribution in [0.15, 0.2) is 78.2 Å². The fraction of sp³-hybridized carbons (Fsp3) is 0.160. The van der Waals surface area contributed by atoms with Gasteiger partial charge >= 0.3 is 0 Å². The van der Waals surface area contributed by atoms with Gasteiger partial charge in [0, 0.05) is 40.2 Å². The first-order valence-corrected chi connectivity index (χ1v) is 9.84. The molecule has 2 N–H and O–H groups in total. The average Bonchev–Trinajstić information content (AvgIpc) is 3.14. The Morgan fingerprint density at radius 2 is 1.94 bits per heavy atom. The fourth-order valence-electron chi connectivity index (χ4n) is 4.04. The topological polar surface area (TPSA) is 96.2 Å². The van der Waals surface area contributed by atoms with E-state index in [4.69, 9.17) is 0 Å². The number of aromatic nitrogens is 1. The third kappa shape index (κ3) is 3.17. The van der Waals surface area contributed by atoms with Gasteiger partial charge in [-0.05, 0) is 35.8 Å². The van der Waals surface area contributed by atoms with Crippen LogP contribution in [0.4, 0.5) is 5.69 Å². The number of hydrogen-bond donors (Lipinski definition) is 2. The summed E-state index contributed by atoms with van der Waals surface area (Å²) >= 11 is 0. The minimum absolute atomic E-state index is 0.0793. The Labute approximate surface area is 179 Å². The Kier molecular flexibility index (Phi) is 4.65. The van der Waals surface area contributed by atoms with Crippen LogP contribution in [0, 0.1) is 17.0 Å². The summed E-state index contributed by atoms with van der Waals surface area (Å²) in [7, 11) is 0. The molecule has 3 aromatic rings. The van der Waals surface area contributed by atoms with Crippen LogP contribution >= 0.6 is 0 Å². The van der Waals surface area contributed by atoms with Crippen LogP contribution in [0.1, 0.15) is 30.5 Å². The number of H-pyrrole nitrogens is 1. The lowest BCUT2D eigenvalue weighted by atomic mass is 9.74. The number of nitro benzene ring substituents is 1. The normalized spacial score (nSPS) is 15.5. The maximum atomic E-state index is 12.9. The van der Waals surface area contributed by atoms with E-state index in [1.54, 1.807) is 18.3 Å². The van der Waals surface area contributed by atoms with Gasteiger partial charge in [-0.2, -0.15) is 0 Å². The van der Waals surface area contributed by atoms with E-state index in [-0.39, 0.29) is 28.4 Å². The molecule has 0 atom stereocenters. The second-order valence-corrected chi connectivity index (χ2v) is 8.27. The van der Waals surface area contributed by atoms with E-state index in [2.05, 4.69) is 11.6 Å². The second kappa shape index (κ2) is 7.09. The number of allylic oxidation sites excluding steroid dienone is 4. The first-order chi connectivity index (χ1) is 14.6. The van der Waals surface area contributed by atoms with E-state index < -0.39 is 10.3 Å². The highest BCUT2D eigenvalue weighted by molar-refractivity contribution is 6.40. The van der Waals surface area contributed by atoms with Crippen molar-refractivity contribution < 1.29 is 14.8 Å². The summed E-state index contributed by atoms with van der Waals surface area (Å²) in [5.74, 6) is -0.439. The van der Waals surface area contributed by atoms with E-state index in [9.17, 15) is 20.0 Å². The quantitative estimate of drug-likeness (QED) is 0.318. The molecule has 0 aliphatic heterocycles. The molecule has 0 fully saturated rings. The minimum Gasteiger partial charge on any atom is -0.506 e. The van der Waals surface area contributed by atoms with Gasteiger partial charge in [-0.15, -0.1) is 0 Å². The summed E-state index contributed by atoms with van der Waals surface area (Å²) in [5, 5.41) is 22.3. The van der Waals surface area contributed by atoms with Gasteiger partial charge < -0.3 is 10.1 Å². The molecule has 156 valence electrons. The summed E-state index contributed by atoms with van der Waals surface area (Å²) < 4.78 is 0. The summed E-state index contributed by atoms with van der Waals surface area (Å²) in [5.41, 5.74) is 3.84. The van der Waals surface area contributed by atoms with E-state index in [0.29, 0.717) is 22.0 Å². The van der Waals surface area contributed by atoms with Crippen LogP contribution in [0.25, 0.3) is 16.5 Å². The predicted octanol–water partition coefficient (Wildman–Crippen LogP) is 5.70. The highest BCUT2D eigenvalue weighted by Crippen LogP contribution is 2.42. The molecule has 1 heterocycles. The van der Waals surface area contributed by atoms with Crippen molar-refractivity contribution in [1.82, 2.24) is 4.98 Å². The Morgan fingerprint density at radius 1 is 1.23 bits per heavy atom. The molecule has 6 heteroatoms. The molecular weight excluding hydrogens is 392 g/mol. The Hall–Kier alpha value is -3.93. The molecule has 1 aliphatic rings. The van der Waals surface area contributed by atoms with Crippen molar-refractivity contribution in [2.75, 3.05) is 0 Å². The second-order valence-electron chi connectivity index (χ2n) is 8.27. The third-order valence-corrected chi connectivity index (χ3v) is 6.05. The number of nitro groups is 1. The number of nitrogens with zero attached hydrogens (tertiary/aromatic N) is 1. The number of carbonyl (C=O) groups is 1. The van der Waals surface area contributed by atoms with Crippen molar-refractivity contribution in [2.45, 2.75) is 26.2 Å². The molecule has 0 radical (unpaired) electrons. The van der Waals surface area contributed by atoms with Gasteiger partial charge in [-0.25, -0.2) is 0 Å². The van der Waals surface area contributed by atoms with Crippen LogP contribution in [0.5, 0.6) is 0 Å². The summed E-state index contributed by atoms with van der Waals surface area (Å²) in [4.78, 5) is 26.5. The molecular formula is C25H22N2O4. The largest absolute Gasteiger partial charge is 0.506 e.